The van der Waals surface area contributed by atoms with Crippen LogP contribution in [0.2, 0.25) is 0 Å². The molecule has 4 rings (SSSR count). The van der Waals surface area contributed by atoms with Gasteiger partial charge in [-0.15, -0.1) is 0 Å². The summed E-state index contributed by atoms with van der Waals surface area (Å²) in [5.41, 5.74) is 0.192. The molecule has 0 bridgehead atoms. The molecule has 1 aliphatic heterocycles. The van der Waals surface area contributed by atoms with Crippen molar-refractivity contribution in [2.75, 3.05) is 6.61 Å². The number of esters is 1. The third kappa shape index (κ3) is 4.44. The third-order valence-electron chi connectivity index (χ3n) is 6.86. The summed E-state index contributed by atoms with van der Waals surface area (Å²) in [4.78, 5) is 16.4. The van der Waals surface area contributed by atoms with Crippen LogP contribution >= 0.6 is 0 Å². The molecule has 0 spiro atoms. The zero-order chi connectivity index (χ0) is 22.2. The number of pyridine rings is 1. The van der Waals surface area contributed by atoms with E-state index < -0.39 is 7.12 Å². The van der Waals surface area contributed by atoms with Gasteiger partial charge in [-0.3, -0.25) is 9.78 Å². The number of carbonyl (C=O) groups is 1. The minimum absolute atomic E-state index is 0.0135. The molecule has 1 saturated carbocycles. The molecule has 0 radical (unpaired) electrons. The highest BCUT2D eigenvalue weighted by molar-refractivity contribution is 6.62. The summed E-state index contributed by atoms with van der Waals surface area (Å²) in [6, 6.07) is 6.15. The minimum atomic E-state index is -0.421. The Hall–Kier alpha value is -2.12. The van der Waals surface area contributed by atoms with Crippen LogP contribution in [0.25, 0.3) is 10.8 Å². The molecule has 166 valence electrons. The number of rotatable bonds is 5. The first kappa shape index (κ1) is 22.1. The number of aromatic nitrogens is 1. The van der Waals surface area contributed by atoms with Crippen LogP contribution in [-0.2, 0) is 18.8 Å². The maximum absolute atomic E-state index is 12.0. The van der Waals surface area contributed by atoms with Crippen molar-refractivity contribution in [1.29, 1.82) is 0 Å². The van der Waals surface area contributed by atoms with Crippen molar-refractivity contribution < 1.29 is 23.6 Å². The van der Waals surface area contributed by atoms with E-state index in [1.54, 1.807) is 6.20 Å². The third-order valence-corrected chi connectivity index (χ3v) is 6.86. The number of nitrogens with zero attached hydrogens (tertiary/aromatic N) is 1. The fourth-order valence-corrected chi connectivity index (χ4v) is 4.23. The molecule has 1 aromatic heterocycles. The van der Waals surface area contributed by atoms with Crippen molar-refractivity contribution in [1.82, 2.24) is 4.98 Å². The lowest BCUT2D eigenvalue weighted by Gasteiger charge is -2.32. The van der Waals surface area contributed by atoms with E-state index in [9.17, 15) is 4.79 Å². The maximum Gasteiger partial charge on any atom is 0.494 e. The van der Waals surface area contributed by atoms with Crippen molar-refractivity contribution in [2.45, 2.75) is 77.6 Å². The van der Waals surface area contributed by atoms with Crippen LogP contribution in [0.3, 0.4) is 0 Å². The van der Waals surface area contributed by atoms with Crippen molar-refractivity contribution in [2.24, 2.45) is 5.92 Å². The molecule has 2 aliphatic rings. The van der Waals surface area contributed by atoms with Gasteiger partial charge < -0.3 is 18.8 Å². The first-order chi connectivity index (χ1) is 14.7. The van der Waals surface area contributed by atoms with E-state index >= 15 is 0 Å². The Labute approximate surface area is 184 Å². The number of ether oxygens (including phenoxy) is 2. The summed E-state index contributed by atoms with van der Waals surface area (Å²) in [6.45, 7) is 10.5. The Morgan fingerprint density at radius 1 is 1.10 bits per heavy atom. The second-order valence-electron chi connectivity index (χ2n) is 9.55. The van der Waals surface area contributed by atoms with Crippen LogP contribution in [-0.4, -0.2) is 42.0 Å². The van der Waals surface area contributed by atoms with E-state index in [0.717, 1.165) is 47.7 Å². The van der Waals surface area contributed by atoms with Gasteiger partial charge >= 0.3 is 13.1 Å². The van der Waals surface area contributed by atoms with E-state index in [2.05, 4.69) is 38.7 Å². The lowest BCUT2D eigenvalue weighted by molar-refractivity contribution is -0.149. The number of hydrogen-bond acceptors (Lipinski definition) is 6. The number of carbonyl (C=O) groups excluding carboxylic acids is 1. The van der Waals surface area contributed by atoms with Crippen molar-refractivity contribution >= 4 is 29.3 Å². The monoisotopic (exact) mass is 425 g/mol. The van der Waals surface area contributed by atoms with Crippen molar-refractivity contribution in [3.63, 3.8) is 0 Å². The van der Waals surface area contributed by atoms with Crippen LogP contribution in [0.5, 0.6) is 5.75 Å². The maximum atomic E-state index is 12.0. The van der Waals surface area contributed by atoms with Crippen molar-refractivity contribution in [3.05, 3.63) is 30.6 Å². The zero-order valence-electron chi connectivity index (χ0n) is 19.1. The second kappa shape index (κ2) is 8.43. The fourth-order valence-electron chi connectivity index (χ4n) is 4.23. The first-order valence-corrected chi connectivity index (χ1v) is 11.3. The lowest BCUT2D eigenvalue weighted by Crippen LogP contribution is -2.41. The molecule has 2 aromatic rings. The Balaban J connectivity index is 1.51. The van der Waals surface area contributed by atoms with Crippen molar-refractivity contribution in [3.8, 4) is 5.75 Å². The predicted molar refractivity (Wildman–Crippen MR) is 120 cm³/mol. The quantitative estimate of drug-likeness (QED) is 0.532. The number of fused-ring (bicyclic) bond motifs is 1. The SMILES string of the molecule is CCOC(=O)C1CCC(Oc2cncc3ccc(B4OC(C)(C)C(C)(C)O4)cc23)CC1. The topological polar surface area (TPSA) is 66.9 Å². The van der Waals surface area contributed by atoms with E-state index in [0.29, 0.717) is 6.61 Å². The van der Waals surface area contributed by atoms with Gasteiger partial charge in [-0.05, 0) is 65.8 Å². The molecule has 7 heteroatoms. The largest absolute Gasteiger partial charge is 0.494 e. The molecule has 0 amide bonds. The summed E-state index contributed by atoms with van der Waals surface area (Å²) in [7, 11) is -0.421. The predicted octanol–water partition coefficient (Wildman–Crippen LogP) is 4.03. The highest BCUT2D eigenvalue weighted by atomic mass is 16.7. The molecule has 0 unspecified atom stereocenters. The van der Waals surface area contributed by atoms with Gasteiger partial charge in [0.2, 0.25) is 0 Å². The molecule has 0 atom stereocenters. The molecule has 1 aromatic carbocycles. The fraction of sp³-hybridized carbons (Fsp3) is 0.583. The molecule has 2 fully saturated rings. The van der Waals surface area contributed by atoms with Crippen LogP contribution in [0.15, 0.2) is 30.6 Å². The summed E-state index contributed by atoms with van der Waals surface area (Å²) < 4.78 is 24.0. The normalized spacial score (nSPS) is 24.9. The molecule has 31 heavy (non-hydrogen) atoms. The summed E-state index contributed by atoms with van der Waals surface area (Å²) >= 11 is 0. The zero-order valence-corrected chi connectivity index (χ0v) is 19.1. The van der Waals surface area contributed by atoms with Gasteiger partial charge in [0.1, 0.15) is 5.75 Å². The lowest BCUT2D eigenvalue weighted by atomic mass is 9.78. The minimum Gasteiger partial charge on any atom is -0.488 e. The summed E-state index contributed by atoms with van der Waals surface area (Å²) in [5, 5.41) is 2.01. The van der Waals surface area contributed by atoms with E-state index in [1.807, 2.05) is 25.3 Å². The summed E-state index contributed by atoms with van der Waals surface area (Å²) in [5.74, 6) is 0.663. The standard InChI is InChI=1S/C24H32BNO5/c1-6-28-22(27)16-8-11-19(12-9-16)29-21-15-26-14-17-7-10-18(13-20(17)21)25-30-23(2,3)24(4,5)31-25/h7,10,13-16,19H,6,8-9,11-12H2,1-5H3. The van der Waals surface area contributed by atoms with Crippen LogP contribution in [0.4, 0.5) is 0 Å². The van der Waals surface area contributed by atoms with Gasteiger partial charge in [0, 0.05) is 17.0 Å². The van der Waals surface area contributed by atoms with Gasteiger partial charge in [-0.2, -0.15) is 0 Å². The average molecular weight is 425 g/mol. The average Bonchev–Trinajstić information content (AvgIpc) is 2.96. The van der Waals surface area contributed by atoms with Crippen LogP contribution in [0.1, 0.15) is 60.3 Å². The Morgan fingerprint density at radius 3 is 2.42 bits per heavy atom. The molecular formula is C24H32BNO5. The van der Waals surface area contributed by atoms with E-state index in [1.165, 1.54) is 0 Å². The smallest absolute Gasteiger partial charge is 0.488 e. The molecule has 6 nitrogen and oxygen atoms in total. The highest BCUT2D eigenvalue weighted by Gasteiger charge is 2.51. The molecule has 2 heterocycles. The first-order valence-electron chi connectivity index (χ1n) is 11.3. The Morgan fingerprint density at radius 2 is 1.77 bits per heavy atom. The molecular weight excluding hydrogens is 393 g/mol. The molecule has 1 saturated heterocycles. The summed E-state index contributed by atoms with van der Waals surface area (Å²) in [6.07, 6.45) is 6.93. The Bertz CT molecular complexity index is 936. The highest BCUT2D eigenvalue weighted by Crippen LogP contribution is 2.37. The van der Waals surface area contributed by atoms with Gasteiger partial charge in [-0.25, -0.2) is 0 Å². The molecule has 1 aliphatic carbocycles. The molecule has 0 N–H and O–H groups in total. The Kier molecular flexibility index (Phi) is 6.01. The van der Waals surface area contributed by atoms with Gasteiger partial charge in [0.05, 0.1) is 36.0 Å². The van der Waals surface area contributed by atoms with Gasteiger partial charge in [-0.1, -0.05) is 18.2 Å². The van der Waals surface area contributed by atoms with Gasteiger partial charge in [0.15, 0.2) is 0 Å². The van der Waals surface area contributed by atoms with E-state index in [-0.39, 0.29) is 29.2 Å². The van der Waals surface area contributed by atoms with Crippen LogP contribution in [0, 0.1) is 5.92 Å². The van der Waals surface area contributed by atoms with Crippen LogP contribution < -0.4 is 10.2 Å². The number of benzene rings is 1. The van der Waals surface area contributed by atoms with Gasteiger partial charge in [0.25, 0.3) is 0 Å². The second-order valence-corrected chi connectivity index (χ2v) is 9.55. The van der Waals surface area contributed by atoms with E-state index in [4.69, 9.17) is 18.8 Å². The number of hydrogen-bond donors (Lipinski definition) is 0.